The molecule has 0 atom stereocenters. The number of ether oxygens (including phenoxy) is 1. The Bertz CT molecular complexity index is 981. The van der Waals surface area contributed by atoms with Crippen molar-refractivity contribution in [2.45, 2.75) is 17.7 Å². The maximum atomic E-state index is 12.5. The molecular formula is C18H15N3O2S. The van der Waals surface area contributed by atoms with Crippen molar-refractivity contribution in [3.8, 4) is 22.7 Å². The summed E-state index contributed by atoms with van der Waals surface area (Å²) in [5, 5.41) is 5.59. The molecule has 1 aliphatic rings. The van der Waals surface area contributed by atoms with Crippen LogP contribution in [0.4, 0.5) is 0 Å². The number of thioether (sulfide) groups is 1. The van der Waals surface area contributed by atoms with Crippen LogP contribution in [-0.2, 0) is 5.75 Å². The second-order valence-electron chi connectivity index (χ2n) is 5.56. The predicted octanol–water partition coefficient (Wildman–Crippen LogP) is 3.22. The van der Waals surface area contributed by atoms with Gasteiger partial charge in [0.15, 0.2) is 0 Å². The Hall–Kier alpha value is -2.60. The quantitative estimate of drug-likeness (QED) is 0.719. The van der Waals surface area contributed by atoms with Gasteiger partial charge in [0.2, 0.25) is 0 Å². The van der Waals surface area contributed by atoms with Gasteiger partial charge >= 0.3 is 0 Å². The summed E-state index contributed by atoms with van der Waals surface area (Å²) in [5.41, 5.74) is 4.31. The topological polar surface area (TPSA) is 57.0 Å². The lowest BCUT2D eigenvalue weighted by Gasteiger charge is -2.18. The fraction of sp³-hybridized carbons (Fsp3) is 0.167. The van der Waals surface area contributed by atoms with Crippen LogP contribution in [0.2, 0.25) is 0 Å². The number of rotatable bonds is 2. The van der Waals surface area contributed by atoms with E-state index in [1.807, 2.05) is 43.3 Å². The maximum Gasteiger partial charge on any atom is 0.271 e. The van der Waals surface area contributed by atoms with Gasteiger partial charge < -0.3 is 4.74 Å². The highest BCUT2D eigenvalue weighted by atomic mass is 32.2. The smallest absolute Gasteiger partial charge is 0.271 e. The summed E-state index contributed by atoms with van der Waals surface area (Å²) in [4.78, 5) is 17.0. The zero-order valence-corrected chi connectivity index (χ0v) is 14.1. The maximum absolute atomic E-state index is 12.5. The first kappa shape index (κ1) is 15.0. The van der Waals surface area contributed by atoms with Crippen LogP contribution >= 0.6 is 11.8 Å². The molecule has 0 spiro atoms. The molecule has 4 rings (SSSR count). The van der Waals surface area contributed by atoms with Crippen molar-refractivity contribution < 1.29 is 4.74 Å². The lowest BCUT2D eigenvalue weighted by atomic mass is 10.1. The zero-order valence-electron chi connectivity index (χ0n) is 13.3. The predicted molar refractivity (Wildman–Crippen MR) is 93.9 cm³/mol. The molecule has 6 heteroatoms. The van der Waals surface area contributed by atoms with Gasteiger partial charge in [0.1, 0.15) is 10.8 Å². The molecule has 0 saturated heterocycles. The van der Waals surface area contributed by atoms with E-state index in [1.54, 1.807) is 24.9 Å². The fourth-order valence-electron chi connectivity index (χ4n) is 2.71. The minimum Gasteiger partial charge on any atom is -0.497 e. The Morgan fingerprint density at radius 2 is 1.96 bits per heavy atom. The molecule has 1 aromatic carbocycles. The van der Waals surface area contributed by atoms with Crippen molar-refractivity contribution in [3.05, 3.63) is 64.1 Å². The number of nitrogens with zero attached hydrogens (tertiary/aromatic N) is 3. The molecule has 5 nitrogen and oxygen atoms in total. The molecular weight excluding hydrogens is 322 g/mol. The van der Waals surface area contributed by atoms with Crippen LogP contribution in [0, 0.1) is 6.92 Å². The van der Waals surface area contributed by atoms with Gasteiger partial charge in [0.25, 0.3) is 5.56 Å². The van der Waals surface area contributed by atoms with E-state index in [9.17, 15) is 4.79 Å². The van der Waals surface area contributed by atoms with E-state index in [0.717, 1.165) is 33.3 Å². The Morgan fingerprint density at radius 3 is 2.71 bits per heavy atom. The van der Waals surface area contributed by atoms with Crippen LogP contribution in [-0.4, -0.2) is 21.9 Å². The van der Waals surface area contributed by atoms with Gasteiger partial charge in [-0.3, -0.25) is 4.79 Å². The Balaban J connectivity index is 1.88. The number of aryl methyl sites for hydroxylation is 1. The van der Waals surface area contributed by atoms with Crippen molar-refractivity contribution in [1.82, 2.24) is 14.8 Å². The average molecular weight is 337 g/mol. The second-order valence-corrected chi connectivity index (χ2v) is 6.52. The highest BCUT2D eigenvalue weighted by Crippen LogP contribution is 2.38. The monoisotopic (exact) mass is 337 g/mol. The third-order valence-corrected chi connectivity index (χ3v) is 4.99. The lowest BCUT2D eigenvalue weighted by Crippen LogP contribution is -2.23. The van der Waals surface area contributed by atoms with Crippen molar-refractivity contribution >= 4 is 11.8 Å². The Morgan fingerprint density at radius 1 is 1.17 bits per heavy atom. The first-order valence-corrected chi connectivity index (χ1v) is 8.53. The molecule has 0 fully saturated rings. The summed E-state index contributed by atoms with van der Waals surface area (Å²) in [6, 6.07) is 13.0. The van der Waals surface area contributed by atoms with Crippen LogP contribution in [0.5, 0.6) is 5.75 Å². The molecule has 0 radical (unpaired) electrons. The summed E-state index contributed by atoms with van der Waals surface area (Å²) >= 11 is 1.65. The van der Waals surface area contributed by atoms with Crippen molar-refractivity contribution in [1.29, 1.82) is 0 Å². The van der Waals surface area contributed by atoms with Crippen LogP contribution in [0.25, 0.3) is 16.9 Å². The Labute approximate surface area is 143 Å². The molecule has 0 saturated carbocycles. The summed E-state index contributed by atoms with van der Waals surface area (Å²) in [6.45, 7) is 1.97. The minimum absolute atomic E-state index is 0.136. The molecule has 0 unspecified atom stereocenters. The molecule has 3 aromatic rings. The summed E-state index contributed by atoms with van der Waals surface area (Å²) < 4.78 is 6.59. The molecule has 3 heterocycles. The first-order valence-electron chi connectivity index (χ1n) is 7.54. The van der Waals surface area contributed by atoms with E-state index in [1.165, 1.54) is 4.68 Å². The third-order valence-electron chi connectivity index (χ3n) is 3.95. The lowest BCUT2D eigenvalue weighted by molar-refractivity contribution is 0.414. The van der Waals surface area contributed by atoms with Gasteiger partial charge in [0, 0.05) is 23.1 Å². The number of hydrogen-bond donors (Lipinski definition) is 0. The third kappa shape index (κ3) is 2.49. The fourth-order valence-corrected chi connectivity index (χ4v) is 3.75. The summed E-state index contributed by atoms with van der Waals surface area (Å²) in [5.74, 6) is 1.45. The van der Waals surface area contributed by atoms with Gasteiger partial charge in [0.05, 0.1) is 18.5 Å². The number of benzene rings is 1. The summed E-state index contributed by atoms with van der Waals surface area (Å²) in [6.07, 6.45) is 0. The van der Waals surface area contributed by atoms with E-state index < -0.39 is 0 Å². The molecule has 0 amide bonds. The van der Waals surface area contributed by atoms with E-state index in [-0.39, 0.29) is 5.56 Å². The van der Waals surface area contributed by atoms with Gasteiger partial charge in [-0.25, -0.2) is 4.98 Å². The highest BCUT2D eigenvalue weighted by molar-refractivity contribution is 7.98. The van der Waals surface area contributed by atoms with E-state index in [2.05, 4.69) is 10.1 Å². The average Bonchev–Trinajstić information content (AvgIpc) is 2.61. The van der Waals surface area contributed by atoms with Crippen molar-refractivity contribution in [2.24, 2.45) is 0 Å². The molecule has 1 aliphatic heterocycles. The largest absolute Gasteiger partial charge is 0.497 e. The number of hydrogen-bond acceptors (Lipinski definition) is 5. The SMILES string of the molecule is COc1ccc(-n2nc3c(cc2=O)CSc2nc(C)ccc2-3)cc1. The van der Waals surface area contributed by atoms with Crippen LogP contribution in [0.3, 0.4) is 0 Å². The van der Waals surface area contributed by atoms with E-state index in [4.69, 9.17) is 4.74 Å². The highest BCUT2D eigenvalue weighted by Gasteiger charge is 2.21. The molecule has 0 aliphatic carbocycles. The number of aromatic nitrogens is 3. The molecule has 2 aromatic heterocycles. The minimum atomic E-state index is -0.136. The van der Waals surface area contributed by atoms with Crippen LogP contribution in [0.1, 0.15) is 11.3 Å². The second kappa shape index (κ2) is 5.79. The summed E-state index contributed by atoms with van der Waals surface area (Å²) in [7, 11) is 1.61. The van der Waals surface area contributed by atoms with Crippen molar-refractivity contribution in [3.63, 3.8) is 0 Å². The molecule has 120 valence electrons. The van der Waals surface area contributed by atoms with Gasteiger partial charge in [-0.05, 0) is 48.9 Å². The van der Waals surface area contributed by atoms with E-state index in [0.29, 0.717) is 11.4 Å². The van der Waals surface area contributed by atoms with Crippen LogP contribution < -0.4 is 10.3 Å². The van der Waals surface area contributed by atoms with Gasteiger partial charge in [-0.1, -0.05) is 0 Å². The molecule has 0 N–H and O–H groups in total. The van der Waals surface area contributed by atoms with E-state index >= 15 is 0 Å². The molecule has 0 bridgehead atoms. The standard InChI is InChI=1S/C18H15N3O2S/c1-11-3-8-15-17-12(10-24-18(15)19-11)9-16(22)21(20-17)13-4-6-14(23-2)7-5-13/h3-9H,10H2,1-2H3. The number of fused-ring (bicyclic) bond motifs is 3. The zero-order chi connectivity index (χ0) is 16.7. The number of methoxy groups -OCH3 is 1. The van der Waals surface area contributed by atoms with Gasteiger partial charge in [-0.15, -0.1) is 11.8 Å². The van der Waals surface area contributed by atoms with Crippen LogP contribution in [0.15, 0.2) is 52.3 Å². The first-order chi connectivity index (χ1) is 11.7. The molecule has 24 heavy (non-hydrogen) atoms. The van der Waals surface area contributed by atoms with Gasteiger partial charge in [-0.2, -0.15) is 9.78 Å². The Kier molecular flexibility index (Phi) is 3.61. The van der Waals surface area contributed by atoms with Crippen molar-refractivity contribution in [2.75, 3.05) is 7.11 Å². The normalized spacial score (nSPS) is 12.4. The number of pyridine rings is 1.